The third-order valence-electron chi connectivity index (χ3n) is 4.41. The van der Waals surface area contributed by atoms with Gasteiger partial charge in [0.25, 0.3) is 0 Å². The van der Waals surface area contributed by atoms with Crippen LogP contribution < -0.4 is 5.32 Å². The van der Waals surface area contributed by atoms with Crippen molar-refractivity contribution < 1.29 is 14.7 Å². The van der Waals surface area contributed by atoms with Crippen molar-refractivity contribution in [2.45, 2.75) is 64.0 Å². The zero-order valence-corrected chi connectivity index (χ0v) is 12.3. The number of hydrogen-bond donors (Lipinski definition) is 2. The molecule has 2 N–H and O–H groups in total. The molecule has 1 aliphatic heterocycles. The Morgan fingerprint density at radius 1 is 1.20 bits per heavy atom. The smallest absolute Gasteiger partial charge is 0.224 e. The van der Waals surface area contributed by atoms with E-state index in [2.05, 4.69) is 5.32 Å². The summed E-state index contributed by atoms with van der Waals surface area (Å²) >= 11 is 0. The maximum atomic E-state index is 12.1. The quantitative estimate of drug-likeness (QED) is 0.810. The molecule has 1 unspecified atom stereocenters. The minimum atomic E-state index is -0.265. The van der Waals surface area contributed by atoms with E-state index >= 15 is 0 Å². The summed E-state index contributed by atoms with van der Waals surface area (Å²) in [6.07, 6.45) is 5.66. The highest BCUT2D eigenvalue weighted by atomic mass is 16.3. The van der Waals surface area contributed by atoms with Gasteiger partial charge in [0.15, 0.2) is 0 Å². The van der Waals surface area contributed by atoms with Crippen LogP contribution in [0.1, 0.15) is 51.9 Å². The summed E-state index contributed by atoms with van der Waals surface area (Å²) in [4.78, 5) is 25.9. The molecule has 1 saturated heterocycles. The number of amides is 2. The molecule has 0 bridgehead atoms. The van der Waals surface area contributed by atoms with E-state index in [0.717, 1.165) is 25.7 Å². The number of carbonyl (C=O) groups excluding carboxylic acids is 2. The number of rotatable bonds is 4. The average Bonchev–Trinajstić information content (AvgIpc) is 2.93. The lowest BCUT2D eigenvalue weighted by Gasteiger charge is -2.30. The second-order valence-electron chi connectivity index (χ2n) is 6.21. The molecule has 1 heterocycles. The minimum absolute atomic E-state index is 0.0797. The summed E-state index contributed by atoms with van der Waals surface area (Å²) in [5.74, 6) is 0.339. The van der Waals surface area contributed by atoms with Gasteiger partial charge in [0.2, 0.25) is 11.8 Å². The van der Waals surface area contributed by atoms with Crippen molar-refractivity contribution in [2.75, 3.05) is 13.1 Å². The Bertz CT molecular complexity index is 345. The zero-order valence-electron chi connectivity index (χ0n) is 12.3. The number of piperidine rings is 1. The van der Waals surface area contributed by atoms with E-state index in [-0.39, 0.29) is 29.9 Å². The molecule has 1 saturated carbocycles. The Morgan fingerprint density at radius 2 is 1.80 bits per heavy atom. The summed E-state index contributed by atoms with van der Waals surface area (Å²) in [5.41, 5.74) is 0. The van der Waals surface area contributed by atoms with Crippen LogP contribution >= 0.6 is 0 Å². The molecule has 114 valence electrons. The number of likely N-dealkylation sites (tertiary alicyclic amines) is 1. The molecule has 0 radical (unpaired) electrons. The Hall–Kier alpha value is -1.10. The van der Waals surface area contributed by atoms with Crippen LogP contribution in [-0.4, -0.2) is 47.1 Å². The van der Waals surface area contributed by atoms with Crippen LogP contribution in [0.2, 0.25) is 0 Å². The third kappa shape index (κ3) is 4.20. The summed E-state index contributed by atoms with van der Waals surface area (Å²) in [6, 6.07) is -0.109. The summed E-state index contributed by atoms with van der Waals surface area (Å²) in [7, 11) is 0. The van der Waals surface area contributed by atoms with E-state index < -0.39 is 0 Å². The molecular formula is C15H26N2O3. The highest BCUT2D eigenvalue weighted by Crippen LogP contribution is 2.24. The highest BCUT2D eigenvalue weighted by Gasteiger charge is 2.26. The monoisotopic (exact) mass is 282 g/mol. The van der Waals surface area contributed by atoms with Gasteiger partial charge in [-0.2, -0.15) is 0 Å². The van der Waals surface area contributed by atoms with Crippen molar-refractivity contribution in [3.8, 4) is 0 Å². The Balaban J connectivity index is 1.71. The van der Waals surface area contributed by atoms with Crippen LogP contribution in [0, 0.1) is 5.92 Å². The highest BCUT2D eigenvalue weighted by molar-refractivity contribution is 5.81. The SMILES string of the molecule is CC(CC(=O)N1CCC(O)CC1)NC(=O)C1CCCC1. The van der Waals surface area contributed by atoms with Crippen molar-refractivity contribution in [3.63, 3.8) is 0 Å². The summed E-state index contributed by atoms with van der Waals surface area (Å²) < 4.78 is 0. The first kappa shape index (κ1) is 15.3. The lowest BCUT2D eigenvalue weighted by Crippen LogP contribution is -2.44. The van der Waals surface area contributed by atoms with Crippen molar-refractivity contribution in [1.29, 1.82) is 0 Å². The normalized spacial score (nSPS) is 22.8. The number of aliphatic hydroxyl groups excluding tert-OH is 1. The maximum Gasteiger partial charge on any atom is 0.224 e. The Morgan fingerprint density at radius 3 is 2.40 bits per heavy atom. The average molecular weight is 282 g/mol. The van der Waals surface area contributed by atoms with Crippen LogP contribution in [0.25, 0.3) is 0 Å². The van der Waals surface area contributed by atoms with Gasteiger partial charge in [-0.1, -0.05) is 12.8 Å². The molecule has 0 aromatic rings. The minimum Gasteiger partial charge on any atom is -0.393 e. The van der Waals surface area contributed by atoms with E-state index in [1.807, 2.05) is 6.92 Å². The van der Waals surface area contributed by atoms with Crippen LogP contribution in [-0.2, 0) is 9.59 Å². The fourth-order valence-corrected chi connectivity index (χ4v) is 3.11. The number of nitrogens with zero attached hydrogens (tertiary/aromatic N) is 1. The topological polar surface area (TPSA) is 69.6 Å². The van der Waals surface area contributed by atoms with Crippen molar-refractivity contribution >= 4 is 11.8 Å². The van der Waals surface area contributed by atoms with Gasteiger partial charge >= 0.3 is 0 Å². The molecule has 0 spiro atoms. The van der Waals surface area contributed by atoms with Crippen molar-refractivity contribution in [3.05, 3.63) is 0 Å². The zero-order chi connectivity index (χ0) is 14.5. The molecule has 2 rings (SSSR count). The predicted molar refractivity (Wildman–Crippen MR) is 76.0 cm³/mol. The van der Waals surface area contributed by atoms with E-state index in [4.69, 9.17) is 0 Å². The van der Waals surface area contributed by atoms with Gasteiger partial charge < -0.3 is 15.3 Å². The molecule has 2 fully saturated rings. The number of hydrogen-bond acceptors (Lipinski definition) is 3. The maximum absolute atomic E-state index is 12.1. The molecule has 0 aromatic heterocycles. The number of aliphatic hydroxyl groups is 1. The molecular weight excluding hydrogens is 256 g/mol. The van der Waals surface area contributed by atoms with Gasteiger partial charge in [-0.3, -0.25) is 9.59 Å². The van der Waals surface area contributed by atoms with Gasteiger partial charge in [0.05, 0.1) is 6.10 Å². The van der Waals surface area contributed by atoms with Gasteiger partial charge in [0, 0.05) is 31.5 Å². The molecule has 2 aliphatic rings. The number of nitrogens with one attached hydrogen (secondary N) is 1. The predicted octanol–water partition coefficient (Wildman–Crippen LogP) is 1.05. The van der Waals surface area contributed by atoms with Gasteiger partial charge in [-0.05, 0) is 32.6 Å². The second-order valence-corrected chi connectivity index (χ2v) is 6.21. The molecule has 1 aliphatic carbocycles. The lowest BCUT2D eigenvalue weighted by atomic mass is 10.1. The first-order chi connectivity index (χ1) is 9.56. The van der Waals surface area contributed by atoms with E-state index in [1.165, 1.54) is 0 Å². The lowest BCUT2D eigenvalue weighted by molar-refractivity contribution is -0.134. The second kappa shape index (κ2) is 7.07. The largest absolute Gasteiger partial charge is 0.393 e. The van der Waals surface area contributed by atoms with Crippen molar-refractivity contribution in [2.24, 2.45) is 5.92 Å². The fourth-order valence-electron chi connectivity index (χ4n) is 3.11. The Kier molecular flexibility index (Phi) is 5.40. The van der Waals surface area contributed by atoms with Gasteiger partial charge in [-0.25, -0.2) is 0 Å². The molecule has 5 heteroatoms. The van der Waals surface area contributed by atoms with Crippen LogP contribution in [0.5, 0.6) is 0 Å². The molecule has 1 atom stereocenters. The van der Waals surface area contributed by atoms with Gasteiger partial charge in [0.1, 0.15) is 0 Å². The fraction of sp³-hybridized carbons (Fsp3) is 0.867. The standard InChI is InChI=1S/C15H26N2O3/c1-11(16-15(20)12-4-2-3-5-12)10-14(19)17-8-6-13(18)7-9-17/h11-13,18H,2-10H2,1H3,(H,16,20). The van der Waals surface area contributed by atoms with E-state index in [1.54, 1.807) is 4.90 Å². The number of carbonyl (C=O) groups is 2. The van der Waals surface area contributed by atoms with Crippen LogP contribution in [0.3, 0.4) is 0 Å². The van der Waals surface area contributed by atoms with Crippen LogP contribution in [0.15, 0.2) is 0 Å². The van der Waals surface area contributed by atoms with Crippen molar-refractivity contribution in [1.82, 2.24) is 10.2 Å². The molecule has 20 heavy (non-hydrogen) atoms. The Labute approximate surface area is 120 Å². The van der Waals surface area contributed by atoms with Crippen LogP contribution in [0.4, 0.5) is 0 Å². The summed E-state index contributed by atoms with van der Waals surface area (Å²) in [5, 5.41) is 12.4. The van der Waals surface area contributed by atoms with E-state index in [0.29, 0.717) is 32.4 Å². The molecule has 0 aromatic carbocycles. The first-order valence-corrected chi connectivity index (χ1v) is 7.82. The molecule has 2 amide bonds. The first-order valence-electron chi connectivity index (χ1n) is 7.82. The van der Waals surface area contributed by atoms with Gasteiger partial charge in [-0.15, -0.1) is 0 Å². The van der Waals surface area contributed by atoms with E-state index in [9.17, 15) is 14.7 Å². The summed E-state index contributed by atoms with van der Waals surface area (Å²) in [6.45, 7) is 3.15. The third-order valence-corrected chi connectivity index (χ3v) is 4.41. The molecule has 5 nitrogen and oxygen atoms in total.